The molecule has 0 heterocycles. The number of rotatable bonds is 2. The quantitative estimate of drug-likeness (QED) is 0.591. The Bertz CT molecular complexity index is 605. The Morgan fingerprint density at radius 1 is 1.00 bits per heavy atom. The molecule has 0 aliphatic rings. The van der Waals surface area contributed by atoms with Gasteiger partial charge in [0.25, 0.3) is 0 Å². The maximum atomic E-state index is 13.0. The fraction of sp³-hybridized carbons (Fsp3) is 0. The first-order valence-electron chi connectivity index (χ1n) is 5.09. The second kappa shape index (κ2) is 5.67. The Morgan fingerprint density at radius 3 is 2.05 bits per heavy atom. The fourth-order valence-electron chi connectivity index (χ4n) is 1.34. The van der Waals surface area contributed by atoms with Crippen molar-refractivity contribution in [2.45, 2.75) is 4.90 Å². The van der Waals surface area contributed by atoms with Gasteiger partial charge in [-0.3, -0.25) is 4.79 Å². The van der Waals surface area contributed by atoms with Crippen LogP contribution >= 0.6 is 23.4 Å². The number of hydrogen-bond donors (Lipinski definition) is 0. The number of benzene rings is 2. The van der Waals surface area contributed by atoms with Crippen LogP contribution in [-0.4, -0.2) is 5.12 Å². The van der Waals surface area contributed by atoms with Crippen molar-refractivity contribution in [2.75, 3.05) is 0 Å². The van der Waals surface area contributed by atoms with Crippen molar-refractivity contribution in [3.8, 4) is 0 Å². The summed E-state index contributed by atoms with van der Waals surface area (Å²) in [5.74, 6) is -4.21. The maximum absolute atomic E-state index is 13.0. The van der Waals surface area contributed by atoms with Crippen LogP contribution in [0.25, 0.3) is 0 Å². The highest BCUT2D eigenvalue weighted by molar-refractivity contribution is 8.14. The van der Waals surface area contributed by atoms with E-state index in [0.717, 1.165) is 12.1 Å². The van der Waals surface area contributed by atoms with Crippen LogP contribution in [0.4, 0.5) is 13.2 Å². The van der Waals surface area contributed by atoms with E-state index in [0.29, 0.717) is 22.3 Å². The van der Waals surface area contributed by atoms with Crippen molar-refractivity contribution in [3.05, 3.63) is 64.4 Å². The third-order valence-corrected chi connectivity index (χ3v) is 3.39. The summed E-state index contributed by atoms with van der Waals surface area (Å²) in [5, 5.41) is 0.0579. The predicted octanol–water partition coefficient (Wildman–Crippen LogP) is 4.69. The normalized spacial score (nSPS) is 10.5. The minimum absolute atomic E-state index is 0.00338. The highest BCUT2D eigenvalue weighted by Crippen LogP contribution is 2.26. The highest BCUT2D eigenvalue weighted by atomic mass is 35.5. The van der Waals surface area contributed by atoms with Crippen LogP contribution in [0.1, 0.15) is 10.4 Å². The van der Waals surface area contributed by atoms with Crippen molar-refractivity contribution < 1.29 is 18.0 Å². The summed E-state index contributed by atoms with van der Waals surface area (Å²) in [6.07, 6.45) is 0. The minimum Gasteiger partial charge on any atom is -0.281 e. The molecule has 98 valence electrons. The summed E-state index contributed by atoms with van der Waals surface area (Å²) in [5.41, 5.74) is 0.333. The average Bonchev–Trinajstić information content (AvgIpc) is 2.36. The minimum atomic E-state index is -1.55. The number of hydrogen-bond acceptors (Lipinski definition) is 2. The van der Waals surface area contributed by atoms with Gasteiger partial charge in [0.15, 0.2) is 17.5 Å². The van der Waals surface area contributed by atoms with E-state index >= 15 is 0 Å². The van der Waals surface area contributed by atoms with E-state index in [4.69, 9.17) is 11.6 Å². The van der Waals surface area contributed by atoms with Gasteiger partial charge in [-0.1, -0.05) is 11.6 Å². The molecule has 0 aliphatic carbocycles. The maximum Gasteiger partial charge on any atom is 0.224 e. The van der Waals surface area contributed by atoms with Crippen LogP contribution in [0.15, 0.2) is 41.3 Å². The molecule has 6 heteroatoms. The summed E-state index contributed by atoms with van der Waals surface area (Å²) in [6, 6.07) is 7.60. The standard InChI is InChI=1S/C13H6ClF3OS/c14-8-3-1-7(2-4-8)13(18)19-9-5-10(15)12(17)11(16)6-9/h1-6H. The van der Waals surface area contributed by atoms with Gasteiger partial charge in [0.05, 0.1) is 0 Å². The number of carbonyl (C=O) groups is 1. The van der Waals surface area contributed by atoms with E-state index in [1.807, 2.05) is 0 Å². The van der Waals surface area contributed by atoms with E-state index < -0.39 is 22.6 Å². The summed E-state index contributed by atoms with van der Waals surface area (Å²) in [4.78, 5) is 11.8. The molecular formula is C13H6ClF3OS. The van der Waals surface area contributed by atoms with Gasteiger partial charge in [0.2, 0.25) is 5.12 Å². The van der Waals surface area contributed by atoms with Gasteiger partial charge in [0, 0.05) is 15.5 Å². The Hall–Kier alpha value is -1.46. The van der Waals surface area contributed by atoms with Crippen LogP contribution in [-0.2, 0) is 0 Å². The lowest BCUT2D eigenvalue weighted by atomic mass is 10.2. The number of thioether (sulfide) groups is 1. The second-order valence-corrected chi connectivity index (χ2v) is 5.08. The molecule has 0 aliphatic heterocycles. The summed E-state index contributed by atoms with van der Waals surface area (Å²) in [6.45, 7) is 0. The Balaban J connectivity index is 2.22. The van der Waals surface area contributed by atoms with E-state index in [1.165, 1.54) is 24.3 Å². The van der Waals surface area contributed by atoms with Crippen molar-refractivity contribution in [1.82, 2.24) is 0 Å². The second-order valence-electron chi connectivity index (χ2n) is 3.60. The SMILES string of the molecule is O=C(Sc1cc(F)c(F)c(F)c1)c1ccc(Cl)cc1. The van der Waals surface area contributed by atoms with Crippen LogP contribution < -0.4 is 0 Å². The molecule has 19 heavy (non-hydrogen) atoms. The lowest BCUT2D eigenvalue weighted by Gasteiger charge is -2.03. The van der Waals surface area contributed by atoms with Gasteiger partial charge < -0.3 is 0 Å². The molecule has 0 unspecified atom stereocenters. The van der Waals surface area contributed by atoms with Crippen LogP contribution in [0, 0.1) is 17.5 Å². The van der Waals surface area contributed by atoms with E-state index in [1.54, 1.807) is 0 Å². The van der Waals surface area contributed by atoms with Crippen LogP contribution in [0.5, 0.6) is 0 Å². The molecular weight excluding hydrogens is 297 g/mol. The molecule has 0 N–H and O–H groups in total. The molecule has 0 spiro atoms. The third-order valence-electron chi connectivity index (χ3n) is 2.25. The van der Waals surface area contributed by atoms with E-state index in [-0.39, 0.29) is 4.90 Å². The molecule has 0 atom stereocenters. The molecule has 0 aromatic heterocycles. The van der Waals surface area contributed by atoms with Crippen molar-refractivity contribution in [1.29, 1.82) is 0 Å². The molecule has 0 radical (unpaired) electrons. The molecule has 0 bridgehead atoms. The monoisotopic (exact) mass is 302 g/mol. The Morgan fingerprint density at radius 2 is 1.53 bits per heavy atom. The molecule has 2 rings (SSSR count). The molecule has 0 saturated carbocycles. The van der Waals surface area contributed by atoms with Crippen molar-refractivity contribution >= 4 is 28.5 Å². The summed E-state index contributed by atoms with van der Waals surface area (Å²) < 4.78 is 38.7. The zero-order valence-electron chi connectivity index (χ0n) is 9.29. The first kappa shape index (κ1) is 14.0. The van der Waals surface area contributed by atoms with Crippen LogP contribution in [0.3, 0.4) is 0 Å². The fourth-order valence-corrected chi connectivity index (χ4v) is 2.26. The van der Waals surface area contributed by atoms with Gasteiger partial charge in [-0.05, 0) is 48.2 Å². The molecule has 0 amide bonds. The lowest BCUT2D eigenvalue weighted by Crippen LogP contribution is -1.95. The topological polar surface area (TPSA) is 17.1 Å². The Kier molecular flexibility index (Phi) is 4.17. The van der Waals surface area contributed by atoms with Gasteiger partial charge in [-0.15, -0.1) is 0 Å². The third kappa shape index (κ3) is 3.30. The number of halogens is 4. The zero-order valence-corrected chi connectivity index (χ0v) is 10.9. The van der Waals surface area contributed by atoms with Gasteiger partial charge >= 0.3 is 0 Å². The van der Waals surface area contributed by atoms with Gasteiger partial charge in [-0.2, -0.15) is 0 Å². The summed E-state index contributed by atoms with van der Waals surface area (Å²) in [7, 11) is 0. The molecule has 0 fully saturated rings. The number of carbonyl (C=O) groups excluding carboxylic acids is 1. The van der Waals surface area contributed by atoms with Crippen molar-refractivity contribution in [2.24, 2.45) is 0 Å². The van der Waals surface area contributed by atoms with Crippen LogP contribution in [0.2, 0.25) is 5.02 Å². The van der Waals surface area contributed by atoms with Gasteiger partial charge in [0.1, 0.15) is 0 Å². The zero-order chi connectivity index (χ0) is 14.0. The highest BCUT2D eigenvalue weighted by Gasteiger charge is 2.14. The first-order valence-corrected chi connectivity index (χ1v) is 6.29. The van der Waals surface area contributed by atoms with Crippen molar-refractivity contribution in [3.63, 3.8) is 0 Å². The largest absolute Gasteiger partial charge is 0.281 e. The molecule has 2 aromatic carbocycles. The average molecular weight is 303 g/mol. The summed E-state index contributed by atoms with van der Waals surface area (Å²) >= 11 is 6.29. The molecule has 2 aromatic rings. The Labute approximate surface area is 116 Å². The lowest BCUT2D eigenvalue weighted by molar-refractivity contribution is 0.108. The molecule has 1 nitrogen and oxygen atoms in total. The van der Waals surface area contributed by atoms with E-state index in [9.17, 15) is 18.0 Å². The predicted molar refractivity (Wildman–Crippen MR) is 68.0 cm³/mol. The molecule has 0 saturated heterocycles. The van der Waals surface area contributed by atoms with Gasteiger partial charge in [-0.25, -0.2) is 13.2 Å². The first-order chi connectivity index (χ1) is 8.97. The smallest absolute Gasteiger partial charge is 0.224 e. The van der Waals surface area contributed by atoms with E-state index in [2.05, 4.69) is 0 Å².